The van der Waals surface area contributed by atoms with Gasteiger partial charge in [-0.1, -0.05) is 6.42 Å². The third kappa shape index (κ3) is 2.83. The molecular formula is C10H20ClNO. The Bertz CT molecular complexity index is 150. The van der Waals surface area contributed by atoms with Gasteiger partial charge in [-0.05, 0) is 25.2 Å². The average Bonchev–Trinajstić information content (AvgIpc) is 2.44. The summed E-state index contributed by atoms with van der Waals surface area (Å²) in [5.41, 5.74) is 0. The molecule has 1 heterocycles. The first kappa shape index (κ1) is 11.3. The van der Waals surface area contributed by atoms with Gasteiger partial charge in [0.25, 0.3) is 0 Å². The first-order chi connectivity index (χ1) is 5.88. The minimum Gasteiger partial charge on any atom is -0.380 e. The van der Waals surface area contributed by atoms with Gasteiger partial charge in [0.2, 0.25) is 0 Å². The number of halogens is 1. The Morgan fingerprint density at radius 3 is 2.54 bits per heavy atom. The van der Waals surface area contributed by atoms with Crippen LogP contribution in [-0.2, 0) is 4.74 Å². The van der Waals surface area contributed by atoms with E-state index in [9.17, 15) is 0 Å². The SMILES string of the molecule is CO[C@@H]1CCN(CC2CCC2)C1.Cl. The Labute approximate surface area is 87.0 Å². The number of hydrogen-bond donors (Lipinski definition) is 0. The van der Waals surface area contributed by atoms with Crippen LogP contribution >= 0.6 is 12.4 Å². The second-order valence-corrected chi connectivity index (χ2v) is 4.20. The van der Waals surface area contributed by atoms with Crippen LogP contribution in [0.25, 0.3) is 0 Å². The molecule has 2 fully saturated rings. The largest absolute Gasteiger partial charge is 0.380 e. The van der Waals surface area contributed by atoms with E-state index in [0.29, 0.717) is 6.10 Å². The van der Waals surface area contributed by atoms with Crippen molar-refractivity contribution in [3.05, 3.63) is 0 Å². The second-order valence-electron chi connectivity index (χ2n) is 4.20. The van der Waals surface area contributed by atoms with Crippen LogP contribution in [0, 0.1) is 5.92 Å². The molecule has 0 aromatic carbocycles. The molecule has 1 atom stereocenters. The van der Waals surface area contributed by atoms with Gasteiger partial charge in [-0.2, -0.15) is 0 Å². The number of nitrogens with zero attached hydrogens (tertiary/aromatic N) is 1. The summed E-state index contributed by atoms with van der Waals surface area (Å²) in [6.07, 6.45) is 6.16. The Kier molecular flexibility index (Phi) is 4.50. The quantitative estimate of drug-likeness (QED) is 0.698. The summed E-state index contributed by atoms with van der Waals surface area (Å²) in [5, 5.41) is 0. The van der Waals surface area contributed by atoms with Gasteiger partial charge in [-0.25, -0.2) is 0 Å². The summed E-state index contributed by atoms with van der Waals surface area (Å²) in [6.45, 7) is 3.77. The molecule has 1 saturated carbocycles. The zero-order chi connectivity index (χ0) is 8.39. The lowest BCUT2D eigenvalue weighted by molar-refractivity contribution is 0.102. The van der Waals surface area contributed by atoms with Crippen molar-refractivity contribution in [2.24, 2.45) is 5.92 Å². The van der Waals surface area contributed by atoms with E-state index >= 15 is 0 Å². The highest BCUT2D eigenvalue weighted by atomic mass is 35.5. The summed E-state index contributed by atoms with van der Waals surface area (Å²) in [6, 6.07) is 0. The van der Waals surface area contributed by atoms with Gasteiger partial charge in [0.1, 0.15) is 0 Å². The highest BCUT2D eigenvalue weighted by molar-refractivity contribution is 5.85. The lowest BCUT2D eigenvalue weighted by atomic mass is 9.85. The molecule has 0 N–H and O–H groups in total. The van der Waals surface area contributed by atoms with Gasteiger partial charge in [-0.15, -0.1) is 12.4 Å². The molecule has 0 aromatic heterocycles. The molecule has 1 saturated heterocycles. The fourth-order valence-corrected chi connectivity index (χ4v) is 2.20. The van der Waals surface area contributed by atoms with Gasteiger partial charge >= 0.3 is 0 Å². The van der Waals surface area contributed by atoms with Crippen molar-refractivity contribution in [2.75, 3.05) is 26.7 Å². The monoisotopic (exact) mass is 205 g/mol. The van der Waals surface area contributed by atoms with Crippen molar-refractivity contribution in [3.8, 4) is 0 Å². The van der Waals surface area contributed by atoms with Crippen LogP contribution < -0.4 is 0 Å². The molecule has 2 aliphatic rings. The number of likely N-dealkylation sites (tertiary alicyclic amines) is 1. The highest BCUT2D eigenvalue weighted by Crippen LogP contribution is 2.28. The van der Waals surface area contributed by atoms with Gasteiger partial charge in [-0.3, -0.25) is 0 Å². The predicted molar refractivity (Wildman–Crippen MR) is 56.4 cm³/mol. The zero-order valence-electron chi connectivity index (χ0n) is 8.37. The summed E-state index contributed by atoms with van der Waals surface area (Å²) in [4.78, 5) is 2.57. The molecule has 3 heteroatoms. The smallest absolute Gasteiger partial charge is 0.0710 e. The van der Waals surface area contributed by atoms with E-state index in [1.165, 1.54) is 45.3 Å². The van der Waals surface area contributed by atoms with Crippen molar-refractivity contribution in [1.82, 2.24) is 4.90 Å². The van der Waals surface area contributed by atoms with E-state index in [1.54, 1.807) is 0 Å². The number of methoxy groups -OCH3 is 1. The molecule has 0 aromatic rings. The molecular weight excluding hydrogens is 186 g/mol. The highest BCUT2D eigenvalue weighted by Gasteiger charge is 2.26. The average molecular weight is 206 g/mol. The molecule has 0 unspecified atom stereocenters. The van der Waals surface area contributed by atoms with E-state index in [0.717, 1.165) is 5.92 Å². The minimum atomic E-state index is 0. The second kappa shape index (κ2) is 5.18. The van der Waals surface area contributed by atoms with Crippen molar-refractivity contribution < 1.29 is 4.74 Å². The van der Waals surface area contributed by atoms with Gasteiger partial charge in [0, 0.05) is 26.7 Å². The Morgan fingerprint density at radius 2 is 2.08 bits per heavy atom. The fraction of sp³-hybridized carbons (Fsp3) is 1.00. The Hall–Kier alpha value is 0.210. The maximum atomic E-state index is 5.33. The van der Waals surface area contributed by atoms with Gasteiger partial charge in [0.15, 0.2) is 0 Å². The normalized spacial score (nSPS) is 29.8. The third-order valence-corrected chi connectivity index (χ3v) is 3.30. The van der Waals surface area contributed by atoms with E-state index < -0.39 is 0 Å². The fourth-order valence-electron chi connectivity index (χ4n) is 2.20. The van der Waals surface area contributed by atoms with Crippen molar-refractivity contribution >= 4 is 12.4 Å². The lowest BCUT2D eigenvalue weighted by Gasteiger charge is -2.29. The Morgan fingerprint density at radius 1 is 1.31 bits per heavy atom. The van der Waals surface area contributed by atoms with E-state index in [2.05, 4.69) is 4.90 Å². The standard InChI is InChI=1S/C10H19NO.ClH/c1-12-10-5-6-11(8-10)7-9-3-2-4-9;/h9-10H,2-8H2,1H3;1H/t10-;/m1./s1. The van der Waals surface area contributed by atoms with Crippen LogP contribution in [0.5, 0.6) is 0 Å². The topological polar surface area (TPSA) is 12.5 Å². The van der Waals surface area contributed by atoms with Gasteiger partial charge < -0.3 is 9.64 Å². The molecule has 13 heavy (non-hydrogen) atoms. The summed E-state index contributed by atoms with van der Waals surface area (Å²) in [7, 11) is 1.83. The van der Waals surface area contributed by atoms with Gasteiger partial charge in [0.05, 0.1) is 6.10 Å². The number of rotatable bonds is 3. The molecule has 78 valence electrons. The number of ether oxygens (including phenoxy) is 1. The van der Waals surface area contributed by atoms with Crippen LogP contribution in [0.3, 0.4) is 0 Å². The molecule has 1 aliphatic carbocycles. The van der Waals surface area contributed by atoms with Crippen LogP contribution in [0.1, 0.15) is 25.7 Å². The molecule has 0 radical (unpaired) electrons. The Balaban J connectivity index is 0.000000845. The number of hydrogen-bond acceptors (Lipinski definition) is 2. The molecule has 0 bridgehead atoms. The van der Waals surface area contributed by atoms with Crippen LogP contribution in [0.4, 0.5) is 0 Å². The lowest BCUT2D eigenvalue weighted by Crippen LogP contribution is -2.31. The first-order valence-corrected chi connectivity index (χ1v) is 5.13. The summed E-state index contributed by atoms with van der Waals surface area (Å²) < 4.78 is 5.33. The van der Waals surface area contributed by atoms with Crippen molar-refractivity contribution in [1.29, 1.82) is 0 Å². The van der Waals surface area contributed by atoms with Crippen LogP contribution in [0.2, 0.25) is 0 Å². The molecule has 2 rings (SSSR count). The van der Waals surface area contributed by atoms with Crippen LogP contribution in [-0.4, -0.2) is 37.7 Å². The summed E-state index contributed by atoms with van der Waals surface area (Å²) in [5.74, 6) is 1.01. The molecule has 1 aliphatic heterocycles. The third-order valence-electron chi connectivity index (χ3n) is 3.30. The summed E-state index contributed by atoms with van der Waals surface area (Å²) >= 11 is 0. The molecule has 0 amide bonds. The predicted octanol–water partition coefficient (Wildman–Crippen LogP) is 1.93. The maximum absolute atomic E-state index is 5.33. The van der Waals surface area contributed by atoms with E-state index in [-0.39, 0.29) is 12.4 Å². The van der Waals surface area contributed by atoms with E-state index in [1.807, 2.05) is 7.11 Å². The first-order valence-electron chi connectivity index (χ1n) is 5.13. The maximum Gasteiger partial charge on any atom is 0.0710 e. The molecule has 0 spiro atoms. The zero-order valence-corrected chi connectivity index (χ0v) is 9.18. The van der Waals surface area contributed by atoms with Crippen molar-refractivity contribution in [3.63, 3.8) is 0 Å². The van der Waals surface area contributed by atoms with E-state index in [4.69, 9.17) is 4.74 Å². The minimum absolute atomic E-state index is 0. The van der Waals surface area contributed by atoms with Crippen molar-refractivity contribution in [2.45, 2.75) is 31.8 Å². The molecule has 2 nitrogen and oxygen atoms in total. The van der Waals surface area contributed by atoms with Crippen LogP contribution in [0.15, 0.2) is 0 Å².